The van der Waals surface area contributed by atoms with Gasteiger partial charge in [0.25, 0.3) is 0 Å². The van der Waals surface area contributed by atoms with Gasteiger partial charge in [0.05, 0.1) is 13.2 Å². The Morgan fingerprint density at radius 3 is 2.26 bits per heavy atom. The minimum Gasteiger partial charge on any atom is -0.419 e. The second-order valence-corrected chi connectivity index (χ2v) is 5.29. The summed E-state index contributed by atoms with van der Waals surface area (Å²) in [5, 5.41) is 17.5. The van der Waals surface area contributed by atoms with Gasteiger partial charge in [-0.05, 0) is 17.7 Å². The van der Waals surface area contributed by atoms with E-state index in [-0.39, 0.29) is 6.61 Å². The van der Waals surface area contributed by atoms with Gasteiger partial charge in [-0.3, -0.25) is 4.90 Å². The van der Waals surface area contributed by atoms with Gasteiger partial charge in [0, 0.05) is 18.7 Å². The summed E-state index contributed by atoms with van der Waals surface area (Å²) < 4.78 is 5.74. The lowest BCUT2D eigenvalue weighted by Gasteiger charge is -2.19. The summed E-state index contributed by atoms with van der Waals surface area (Å²) in [6, 6.07) is 19.8. The fraction of sp³-hybridized carbons (Fsp3) is 0.222. The average Bonchev–Trinajstić information content (AvgIpc) is 3.05. The van der Waals surface area contributed by atoms with Crippen LogP contribution in [0.5, 0.6) is 0 Å². The van der Waals surface area contributed by atoms with E-state index in [1.54, 1.807) is 0 Å². The lowest BCUT2D eigenvalue weighted by atomic mass is 10.2. The first-order chi connectivity index (χ1) is 11.3. The van der Waals surface area contributed by atoms with Gasteiger partial charge in [0.1, 0.15) is 0 Å². The quantitative estimate of drug-likeness (QED) is 0.727. The number of hydrogen-bond donors (Lipinski definition) is 1. The third kappa shape index (κ3) is 4.25. The van der Waals surface area contributed by atoms with Crippen molar-refractivity contribution >= 4 is 0 Å². The van der Waals surface area contributed by atoms with E-state index < -0.39 is 0 Å². The van der Waals surface area contributed by atoms with Gasteiger partial charge in [0.2, 0.25) is 11.8 Å². The maximum atomic E-state index is 9.27. The zero-order valence-corrected chi connectivity index (χ0v) is 12.8. The summed E-state index contributed by atoms with van der Waals surface area (Å²) in [6.45, 7) is 1.88. The van der Waals surface area contributed by atoms with Crippen molar-refractivity contribution in [2.45, 2.75) is 13.1 Å². The van der Waals surface area contributed by atoms with E-state index in [1.165, 1.54) is 5.56 Å². The van der Waals surface area contributed by atoms with Crippen LogP contribution in [-0.2, 0) is 13.1 Å². The highest BCUT2D eigenvalue weighted by atomic mass is 16.4. The zero-order chi connectivity index (χ0) is 15.9. The van der Waals surface area contributed by atoms with E-state index in [0.29, 0.717) is 24.9 Å². The third-order valence-electron chi connectivity index (χ3n) is 3.51. The van der Waals surface area contributed by atoms with E-state index in [1.807, 2.05) is 48.5 Å². The van der Waals surface area contributed by atoms with Crippen LogP contribution < -0.4 is 0 Å². The van der Waals surface area contributed by atoms with Crippen molar-refractivity contribution in [3.05, 3.63) is 72.1 Å². The number of hydrogen-bond acceptors (Lipinski definition) is 5. The molecule has 0 aliphatic carbocycles. The van der Waals surface area contributed by atoms with E-state index in [2.05, 4.69) is 27.2 Å². The van der Waals surface area contributed by atoms with Crippen LogP contribution in [0.1, 0.15) is 11.5 Å². The standard InChI is InChI=1S/C18H19N3O2/c22-12-11-21(13-15-7-3-1-4-8-15)14-17-19-20-18(23-17)16-9-5-2-6-10-16/h1-10,22H,11-14H2. The molecule has 2 aromatic carbocycles. The molecule has 0 unspecified atom stereocenters. The van der Waals surface area contributed by atoms with Gasteiger partial charge in [-0.15, -0.1) is 10.2 Å². The number of aromatic nitrogens is 2. The second kappa shape index (κ2) is 7.67. The molecule has 1 heterocycles. The van der Waals surface area contributed by atoms with Crippen molar-refractivity contribution in [2.75, 3.05) is 13.2 Å². The zero-order valence-electron chi connectivity index (χ0n) is 12.8. The predicted molar refractivity (Wildman–Crippen MR) is 87.4 cm³/mol. The SMILES string of the molecule is OCCN(Cc1ccccc1)Cc1nnc(-c2ccccc2)o1. The minimum atomic E-state index is 0.0898. The normalized spacial score (nSPS) is 11.0. The van der Waals surface area contributed by atoms with E-state index in [0.717, 1.165) is 12.1 Å². The van der Waals surface area contributed by atoms with Crippen molar-refractivity contribution in [1.82, 2.24) is 15.1 Å². The van der Waals surface area contributed by atoms with Crippen LogP contribution in [0.25, 0.3) is 11.5 Å². The Labute approximate surface area is 135 Å². The highest BCUT2D eigenvalue weighted by Crippen LogP contribution is 2.18. The molecule has 23 heavy (non-hydrogen) atoms. The van der Waals surface area contributed by atoms with Crippen LogP contribution in [0.4, 0.5) is 0 Å². The molecule has 0 atom stereocenters. The van der Waals surface area contributed by atoms with Gasteiger partial charge in [0.15, 0.2) is 0 Å². The Bertz CT molecular complexity index is 713. The molecule has 1 aromatic heterocycles. The van der Waals surface area contributed by atoms with Crippen LogP contribution in [0.2, 0.25) is 0 Å². The Hall–Kier alpha value is -2.50. The monoisotopic (exact) mass is 309 g/mol. The van der Waals surface area contributed by atoms with Gasteiger partial charge in [-0.2, -0.15) is 0 Å². The third-order valence-corrected chi connectivity index (χ3v) is 3.51. The van der Waals surface area contributed by atoms with E-state index in [9.17, 15) is 5.11 Å². The van der Waals surface area contributed by atoms with Gasteiger partial charge in [-0.25, -0.2) is 0 Å². The molecule has 0 spiro atoms. The molecule has 0 fully saturated rings. The van der Waals surface area contributed by atoms with E-state index in [4.69, 9.17) is 4.42 Å². The maximum absolute atomic E-state index is 9.27. The molecule has 5 heteroatoms. The molecule has 0 aliphatic rings. The lowest BCUT2D eigenvalue weighted by Crippen LogP contribution is -2.26. The number of rotatable bonds is 7. The molecule has 1 N–H and O–H groups in total. The molecular formula is C18H19N3O2. The molecule has 118 valence electrons. The topological polar surface area (TPSA) is 62.4 Å². The van der Waals surface area contributed by atoms with E-state index >= 15 is 0 Å². The molecular weight excluding hydrogens is 290 g/mol. The van der Waals surface area contributed by atoms with Crippen molar-refractivity contribution in [3.8, 4) is 11.5 Å². The van der Waals surface area contributed by atoms with Crippen LogP contribution >= 0.6 is 0 Å². The van der Waals surface area contributed by atoms with Crippen LogP contribution in [0.15, 0.2) is 65.1 Å². The molecule has 5 nitrogen and oxygen atoms in total. The molecule has 0 bridgehead atoms. The summed E-state index contributed by atoms with van der Waals surface area (Å²) >= 11 is 0. The maximum Gasteiger partial charge on any atom is 0.247 e. The van der Waals surface area contributed by atoms with Crippen molar-refractivity contribution in [2.24, 2.45) is 0 Å². The Morgan fingerprint density at radius 2 is 1.57 bits per heavy atom. The van der Waals surface area contributed by atoms with Gasteiger partial charge in [-0.1, -0.05) is 48.5 Å². The van der Waals surface area contributed by atoms with Crippen LogP contribution in [0.3, 0.4) is 0 Å². The first-order valence-electron chi connectivity index (χ1n) is 7.60. The minimum absolute atomic E-state index is 0.0898. The molecule has 0 saturated carbocycles. The average molecular weight is 309 g/mol. The lowest BCUT2D eigenvalue weighted by molar-refractivity contribution is 0.173. The molecule has 3 rings (SSSR count). The number of aliphatic hydroxyl groups is 1. The Morgan fingerprint density at radius 1 is 0.870 bits per heavy atom. The largest absolute Gasteiger partial charge is 0.419 e. The van der Waals surface area contributed by atoms with Crippen LogP contribution in [0, 0.1) is 0 Å². The molecule has 3 aromatic rings. The first kappa shape index (κ1) is 15.4. The van der Waals surface area contributed by atoms with Crippen molar-refractivity contribution in [3.63, 3.8) is 0 Å². The predicted octanol–water partition coefficient (Wildman–Crippen LogP) is 2.73. The van der Waals surface area contributed by atoms with Crippen LogP contribution in [-0.4, -0.2) is 33.4 Å². The molecule has 0 saturated heterocycles. The fourth-order valence-corrected chi connectivity index (χ4v) is 2.40. The summed E-state index contributed by atoms with van der Waals surface area (Å²) in [7, 11) is 0. The van der Waals surface area contributed by atoms with Crippen molar-refractivity contribution < 1.29 is 9.52 Å². The smallest absolute Gasteiger partial charge is 0.247 e. The molecule has 0 aliphatic heterocycles. The highest BCUT2D eigenvalue weighted by molar-refractivity contribution is 5.51. The van der Waals surface area contributed by atoms with Gasteiger partial charge < -0.3 is 9.52 Å². The summed E-state index contributed by atoms with van der Waals surface area (Å²) in [5.74, 6) is 1.07. The summed E-state index contributed by atoms with van der Waals surface area (Å²) in [6.07, 6.45) is 0. The fourth-order valence-electron chi connectivity index (χ4n) is 2.40. The Kier molecular flexibility index (Phi) is 5.13. The molecule has 0 amide bonds. The first-order valence-corrected chi connectivity index (χ1v) is 7.60. The summed E-state index contributed by atoms with van der Waals surface area (Å²) in [5.41, 5.74) is 2.09. The number of benzene rings is 2. The molecule has 0 radical (unpaired) electrons. The van der Waals surface area contributed by atoms with Crippen molar-refractivity contribution in [1.29, 1.82) is 0 Å². The van der Waals surface area contributed by atoms with Gasteiger partial charge >= 0.3 is 0 Å². The Balaban J connectivity index is 1.69. The number of aliphatic hydroxyl groups excluding tert-OH is 1. The second-order valence-electron chi connectivity index (χ2n) is 5.29. The highest BCUT2D eigenvalue weighted by Gasteiger charge is 2.13. The number of nitrogens with zero attached hydrogens (tertiary/aromatic N) is 3. The summed E-state index contributed by atoms with van der Waals surface area (Å²) in [4.78, 5) is 2.08.